The molecule has 5 aliphatic carbocycles. The van der Waals surface area contributed by atoms with Crippen LogP contribution in [0.3, 0.4) is 0 Å². The molecule has 0 unspecified atom stereocenters. The lowest BCUT2D eigenvalue weighted by Gasteiger charge is -2.54. The summed E-state index contributed by atoms with van der Waals surface area (Å²) in [6, 6.07) is 1.55. The Hall–Kier alpha value is -0.830. The zero-order valence-electron chi connectivity index (χ0n) is 12.2. The maximum absolute atomic E-state index is 4.36. The highest BCUT2D eigenvalue weighted by Gasteiger charge is 2.47. The van der Waals surface area contributed by atoms with E-state index >= 15 is 0 Å². The summed E-state index contributed by atoms with van der Waals surface area (Å²) in [5.74, 6) is 4.10. The van der Waals surface area contributed by atoms with E-state index in [0.29, 0.717) is 0 Å². The SMILES string of the molecule is c1ncn(C2CC2)c1CNC1C2CC3CC(C2)CC1C3. The van der Waals surface area contributed by atoms with E-state index in [-0.39, 0.29) is 0 Å². The van der Waals surface area contributed by atoms with E-state index in [1.54, 1.807) is 6.42 Å². The second-order valence-electron chi connectivity index (χ2n) is 7.86. The molecule has 20 heavy (non-hydrogen) atoms. The molecular weight excluding hydrogens is 246 g/mol. The van der Waals surface area contributed by atoms with Crippen molar-refractivity contribution in [2.45, 2.75) is 63.6 Å². The third-order valence-corrected chi connectivity index (χ3v) is 6.43. The molecule has 0 saturated heterocycles. The second kappa shape index (κ2) is 4.33. The molecule has 5 fully saturated rings. The van der Waals surface area contributed by atoms with Crippen molar-refractivity contribution >= 4 is 0 Å². The molecule has 0 aromatic carbocycles. The van der Waals surface area contributed by atoms with Crippen molar-refractivity contribution in [3.8, 4) is 0 Å². The average molecular weight is 271 g/mol. The predicted octanol–water partition coefficient (Wildman–Crippen LogP) is 3.13. The van der Waals surface area contributed by atoms with Crippen LogP contribution in [0.15, 0.2) is 12.5 Å². The Morgan fingerprint density at radius 3 is 2.40 bits per heavy atom. The van der Waals surface area contributed by atoms with Crippen molar-refractivity contribution < 1.29 is 0 Å². The normalized spacial score (nSPS) is 42.3. The van der Waals surface area contributed by atoms with Crippen LogP contribution in [0.2, 0.25) is 0 Å². The third-order valence-electron chi connectivity index (χ3n) is 6.43. The summed E-state index contributed by atoms with van der Waals surface area (Å²) in [6.45, 7) is 1.03. The Balaban J connectivity index is 1.29. The smallest absolute Gasteiger partial charge is 0.0951 e. The molecule has 5 aliphatic rings. The highest BCUT2D eigenvalue weighted by molar-refractivity contribution is 5.06. The molecule has 108 valence electrons. The zero-order valence-corrected chi connectivity index (χ0v) is 12.2. The van der Waals surface area contributed by atoms with Gasteiger partial charge >= 0.3 is 0 Å². The van der Waals surface area contributed by atoms with Gasteiger partial charge in [-0.3, -0.25) is 0 Å². The van der Waals surface area contributed by atoms with E-state index in [9.17, 15) is 0 Å². The van der Waals surface area contributed by atoms with Gasteiger partial charge in [0, 0.05) is 24.8 Å². The second-order valence-corrected chi connectivity index (χ2v) is 7.86. The summed E-state index contributed by atoms with van der Waals surface area (Å²) < 4.78 is 2.41. The van der Waals surface area contributed by atoms with Crippen LogP contribution in [-0.4, -0.2) is 15.6 Å². The number of nitrogens with zero attached hydrogens (tertiary/aromatic N) is 2. The van der Waals surface area contributed by atoms with Gasteiger partial charge in [-0.2, -0.15) is 0 Å². The van der Waals surface area contributed by atoms with E-state index in [2.05, 4.69) is 21.1 Å². The topological polar surface area (TPSA) is 29.9 Å². The average Bonchev–Trinajstić information content (AvgIpc) is 3.17. The molecule has 0 spiro atoms. The molecule has 3 nitrogen and oxygen atoms in total. The van der Waals surface area contributed by atoms with Gasteiger partial charge in [-0.05, 0) is 68.6 Å². The first-order valence-corrected chi connectivity index (χ1v) is 8.61. The van der Waals surface area contributed by atoms with Gasteiger partial charge in [-0.1, -0.05) is 0 Å². The molecule has 0 aliphatic heterocycles. The van der Waals surface area contributed by atoms with E-state index in [1.165, 1.54) is 44.2 Å². The minimum Gasteiger partial charge on any atom is -0.330 e. The van der Waals surface area contributed by atoms with Gasteiger partial charge < -0.3 is 9.88 Å². The summed E-state index contributed by atoms with van der Waals surface area (Å²) in [5, 5.41) is 3.93. The third kappa shape index (κ3) is 1.86. The van der Waals surface area contributed by atoms with Crippen LogP contribution in [0.5, 0.6) is 0 Å². The Labute approximate surface area is 121 Å². The van der Waals surface area contributed by atoms with Crippen molar-refractivity contribution in [2.75, 3.05) is 0 Å². The minimum absolute atomic E-state index is 0.757. The Kier molecular flexibility index (Phi) is 2.55. The Morgan fingerprint density at radius 2 is 1.75 bits per heavy atom. The summed E-state index contributed by atoms with van der Waals surface area (Å²) >= 11 is 0. The standard InChI is InChI=1S/C17H25N3/c1-2-15(1)20-10-18-8-16(20)9-19-17-13-4-11-3-12(6-13)7-14(17)5-11/h8,10-15,17,19H,1-7,9H2. The van der Waals surface area contributed by atoms with Crippen molar-refractivity contribution in [1.82, 2.24) is 14.9 Å². The van der Waals surface area contributed by atoms with E-state index in [1.807, 2.05) is 6.33 Å². The van der Waals surface area contributed by atoms with Crippen LogP contribution in [0.25, 0.3) is 0 Å². The maximum Gasteiger partial charge on any atom is 0.0951 e. The lowest BCUT2D eigenvalue weighted by Crippen LogP contribution is -2.54. The van der Waals surface area contributed by atoms with Crippen molar-refractivity contribution in [3.63, 3.8) is 0 Å². The first-order chi connectivity index (χ1) is 9.87. The number of hydrogen-bond acceptors (Lipinski definition) is 2. The van der Waals surface area contributed by atoms with E-state index in [4.69, 9.17) is 0 Å². The molecule has 0 amide bonds. The molecule has 4 bridgehead atoms. The summed E-state index contributed by atoms with van der Waals surface area (Å²) in [5.41, 5.74) is 1.40. The molecule has 5 saturated carbocycles. The fourth-order valence-corrected chi connectivity index (χ4v) is 5.63. The number of rotatable bonds is 4. The molecule has 0 radical (unpaired) electrons. The largest absolute Gasteiger partial charge is 0.330 e. The molecule has 0 atom stereocenters. The molecule has 1 aromatic heterocycles. The van der Waals surface area contributed by atoms with Gasteiger partial charge in [-0.15, -0.1) is 0 Å². The van der Waals surface area contributed by atoms with Crippen LogP contribution in [0.1, 0.15) is 56.7 Å². The Morgan fingerprint density at radius 1 is 1.05 bits per heavy atom. The van der Waals surface area contributed by atoms with Crippen LogP contribution in [-0.2, 0) is 6.54 Å². The summed E-state index contributed by atoms with van der Waals surface area (Å²) in [7, 11) is 0. The fourth-order valence-electron chi connectivity index (χ4n) is 5.63. The van der Waals surface area contributed by atoms with Gasteiger partial charge in [0.15, 0.2) is 0 Å². The molecule has 6 rings (SSSR count). The van der Waals surface area contributed by atoms with Gasteiger partial charge in [0.1, 0.15) is 0 Å². The molecule has 3 heteroatoms. The van der Waals surface area contributed by atoms with Crippen LogP contribution >= 0.6 is 0 Å². The molecular formula is C17H25N3. The van der Waals surface area contributed by atoms with Crippen molar-refractivity contribution in [3.05, 3.63) is 18.2 Å². The first kappa shape index (κ1) is 11.8. The zero-order chi connectivity index (χ0) is 13.1. The number of aromatic nitrogens is 2. The lowest BCUT2D eigenvalue weighted by atomic mass is 9.54. The lowest BCUT2D eigenvalue weighted by molar-refractivity contribution is -0.0144. The van der Waals surface area contributed by atoms with Crippen LogP contribution in [0.4, 0.5) is 0 Å². The highest BCUT2D eigenvalue weighted by Crippen LogP contribution is 2.53. The minimum atomic E-state index is 0.757. The van der Waals surface area contributed by atoms with Crippen molar-refractivity contribution in [2.24, 2.45) is 23.7 Å². The quantitative estimate of drug-likeness (QED) is 0.912. The Bertz CT molecular complexity index is 474. The van der Waals surface area contributed by atoms with E-state index < -0.39 is 0 Å². The molecule has 1 heterocycles. The first-order valence-electron chi connectivity index (χ1n) is 8.61. The highest BCUT2D eigenvalue weighted by atomic mass is 15.1. The fraction of sp³-hybridized carbons (Fsp3) is 0.824. The van der Waals surface area contributed by atoms with Gasteiger partial charge in [0.2, 0.25) is 0 Å². The molecule has 1 aromatic rings. The summed E-state index contributed by atoms with van der Waals surface area (Å²) in [4.78, 5) is 4.36. The monoisotopic (exact) mass is 271 g/mol. The van der Waals surface area contributed by atoms with Crippen LogP contribution in [0, 0.1) is 23.7 Å². The summed E-state index contributed by atoms with van der Waals surface area (Å²) in [6.07, 6.45) is 14.4. The number of imidazole rings is 1. The van der Waals surface area contributed by atoms with Crippen LogP contribution < -0.4 is 5.32 Å². The van der Waals surface area contributed by atoms with E-state index in [0.717, 1.165) is 42.3 Å². The van der Waals surface area contributed by atoms with Crippen molar-refractivity contribution in [1.29, 1.82) is 0 Å². The maximum atomic E-state index is 4.36. The van der Waals surface area contributed by atoms with Gasteiger partial charge in [0.25, 0.3) is 0 Å². The predicted molar refractivity (Wildman–Crippen MR) is 78.2 cm³/mol. The molecule has 1 N–H and O–H groups in total. The number of hydrogen-bond donors (Lipinski definition) is 1. The van der Waals surface area contributed by atoms with Gasteiger partial charge in [0.05, 0.1) is 12.0 Å². The van der Waals surface area contributed by atoms with Gasteiger partial charge in [-0.25, -0.2) is 4.98 Å². The number of nitrogens with one attached hydrogen (secondary N) is 1.